The average Bonchev–Trinajstić information content (AvgIpc) is 2.05. The van der Waals surface area contributed by atoms with Gasteiger partial charge in [-0.3, -0.25) is 4.79 Å². The van der Waals surface area contributed by atoms with Crippen LogP contribution < -0.4 is 5.32 Å². The Bertz CT molecular complexity index is 156. The molecule has 1 amide bonds. The number of carboxylic acid groups (broad SMARTS) is 1. The quantitative estimate of drug-likeness (QED) is 0.380. The minimum atomic E-state index is -0.995. The van der Waals surface area contributed by atoms with Crippen LogP contribution in [0.4, 0.5) is 0 Å². The zero-order valence-electron chi connectivity index (χ0n) is 8.82. The zero-order valence-corrected chi connectivity index (χ0v) is 21.6. The van der Waals surface area contributed by atoms with Gasteiger partial charge in [-0.25, -0.2) is 19.0 Å². The van der Waals surface area contributed by atoms with Gasteiger partial charge >= 0.3 is 5.97 Å². The third-order valence-electron chi connectivity index (χ3n) is 0.738. The number of hydrogen-bond donors (Lipinski definition) is 2. The summed E-state index contributed by atoms with van der Waals surface area (Å²) in [4.78, 5) is 19.6. The molecule has 0 atom stereocenters. The van der Waals surface area contributed by atoms with E-state index in [9.17, 15) is 9.59 Å². The van der Waals surface area contributed by atoms with E-state index in [2.05, 4.69) is 29.0 Å². The van der Waals surface area contributed by atoms with Crippen LogP contribution >= 0.6 is 0 Å². The molecule has 0 bridgehead atoms. The van der Waals surface area contributed by atoms with E-state index in [1.54, 1.807) is 7.05 Å². The first-order valence-electron chi connectivity index (χ1n) is 3.24. The summed E-state index contributed by atoms with van der Waals surface area (Å²) in [5.41, 5.74) is 0. The van der Waals surface area contributed by atoms with E-state index in [4.69, 9.17) is 5.11 Å². The van der Waals surface area contributed by atoms with Crippen LogP contribution in [0.5, 0.6) is 0 Å². The van der Waals surface area contributed by atoms with Gasteiger partial charge in [-0.15, -0.1) is 0 Å². The van der Waals surface area contributed by atoms with Crippen LogP contribution in [0.1, 0.15) is 0 Å². The van der Waals surface area contributed by atoms with Crippen LogP contribution in [0, 0.1) is 14.2 Å². The molecule has 82 valence electrons. The van der Waals surface area contributed by atoms with Gasteiger partial charge in [-0.1, -0.05) is 0 Å². The first-order chi connectivity index (χ1) is 6.08. The summed E-state index contributed by atoms with van der Waals surface area (Å²) in [6, 6.07) is 0. The number of carbonyl (C=O) groups is 2. The maximum absolute atomic E-state index is 10.1. The number of ether oxygens (including phenoxy) is 2. The third kappa shape index (κ3) is 36.1. The van der Waals surface area contributed by atoms with Crippen molar-refractivity contribution in [2.75, 3.05) is 20.3 Å². The predicted octanol–water partition coefficient (Wildman–Crippen LogP) is -0.580. The minimum Gasteiger partial charge on any atom is -0.548 e. The monoisotopic (exact) mass is 725 g/mol. The number of carboxylic acids is 1. The maximum atomic E-state index is 10.1. The predicted molar refractivity (Wildman–Crippen MR) is 44.3 cm³/mol. The smallest absolute Gasteiger partial charge is 0.326 e. The number of rotatable bonds is 4. The van der Waals surface area contributed by atoms with Gasteiger partial charge in [-0.2, -0.15) is 0 Å². The first kappa shape index (κ1) is 22.6. The second kappa shape index (κ2) is 17.1. The van der Waals surface area contributed by atoms with Crippen molar-refractivity contribution in [3.05, 3.63) is 14.2 Å². The minimum absolute atomic E-state index is 0. The Hall–Kier alpha value is -3.14. The first-order valence-corrected chi connectivity index (χ1v) is 3.24. The summed E-state index contributed by atoms with van der Waals surface area (Å²) in [6.45, 7) is -0.281. The molecule has 0 aliphatic heterocycles. The average molecular weight is 725 g/mol. The van der Waals surface area contributed by atoms with Crippen LogP contribution in [-0.2, 0) is 19.1 Å². The molecule has 0 saturated carbocycles. The molecule has 0 spiro atoms. The van der Waals surface area contributed by atoms with Gasteiger partial charge < -0.3 is 19.9 Å². The molecule has 0 aliphatic rings. The van der Waals surface area contributed by atoms with Crippen molar-refractivity contribution in [2.24, 2.45) is 0 Å². The molecular weight excluding hydrogens is 712 g/mol. The summed E-state index contributed by atoms with van der Waals surface area (Å²) >= 11 is 0. The molecule has 0 fully saturated rings. The van der Waals surface area contributed by atoms with Gasteiger partial charge in [0, 0.05) is 7.05 Å². The molecule has 0 heterocycles. The van der Waals surface area contributed by atoms with Gasteiger partial charge in [0.1, 0.15) is 6.61 Å². The molecule has 0 aliphatic carbocycles. The Morgan fingerprint density at radius 3 is 1.67 bits per heavy atom. The second-order valence-corrected chi connectivity index (χ2v) is 1.76. The summed E-state index contributed by atoms with van der Waals surface area (Å²) in [5, 5.41) is 10.1. The number of amides is 1. The van der Waals surface area contributed by atoms with Crippen molar-refractivity contribution < 1.29 is 24.2 Å². The fourth-order valence-corrected chi connectivity index (χ4v) is 0.252. The van der Waals surface area contributed by atoms with Gasteiger partial charge in [0.15, 0.2) is 0 Å². The summed E-state index contributed by atoms with van der Waals surface area (Å²) < 4.78 is 8.19. The SMILES string of the molecule is [CH2-]OCC(=O)NC.[CH2-]OCC(=O)O.[Rf].[Rf]. The van der Waals surface area contributed by atoms with Crippen molar-refractivity contribution in [2.45, 2.75) is 0 Å². The number of carbonyl (C=O) groups excluding carboxylic acids is 1. The normalized spacial score (nSPS) is 7.13. The number of nitrogens with one attached hydrogen (secondary N) is 1. The molecule has 0 aromatic rings. The molecule has 0 unspecified atom stereocenters. The molecular formula is C7H13NO5Rf2-2. The van der Waals surface area contributed by atoms with Crippen LogP contribution in [0.15, 0.2) is 0 Å². The van der Waals surface area contributed by atoms with E-state index in [1.807, 2.05) is 0 Å². The van der Waals surface area contributed by atoms with E-state index in [0.717, 1.165) is 0 Å². The molecule has 0 aromatic heterocycles. The molecule has 8 heteroatoms. The van der Waals surface area contributed by atoms with Crippen molar-refractivity contribution in [1.82, 2.24) is 5.32 Å². The van der Waals surface area contributed by atoms with Crippen molar-refractivity contribution in [1.29, 1.82) is 0 Å². The van der Waals surface area contributed by atoms with Crippen LogP contribution in [0.25, 0.3) is 0 Å². The van der Waals surface area contributed by atoms with Crippen LogP contribution in [0.2, 0.25) is 0 Å². The topological polar surface area (TPSA) is 84.9 Å². The van der Waals surface area contributed by atoms with Gasteiger partial charge in [0.2, 0.25) is 5.91 Å². The Kier molecular flexibility index (Phi) is 25.8. The van der Waals surface area contributed by atoms with Gasteiger partial charge in [0.25, 0.3) is 0 Å². The largest absolute Gasteiger partial charge is 0.548 e. The van der Waals surface area contributed by atoms with E-state index < -0.39 is 5.97 Å². The molecule has 15 heavy (non-hydrogen) atoms. The fourth-order valence-electron chi connectivity index (χ4n) is 0.252. The third-order valence-corrected chi connectivity index (χ3v) is 0.738. The molecule has 6 nitrogen and oxygen atoms in total. The Morgan fingerprint density at radius 2 is 1.60 bits per heavy atom. The Labute approximate surface area is 76.8 Å². The molecule has 0 aromatic carbocycles. The van der Waals surface area contributed by atoms with E-state index in [0.29, 0.717) is 0 Å². The van der Waals surface area contributed by atoms with E-state index in [1.165, 1.54) is 0 Å². The zero-order chi connectivity index (χ0) is 10.7. The number of aliphatic carboxylic acids is 1. The Morgan fingerprint density at radius 1 is 1.20 bits per heavy atom. The maximum Gasteiger partial charge on any atom is 0.326 e. The van der Waals surface area contributed by atoms with Crippen LogP contribution in [0.3, 0.4) is 0 Å². The van der Waals surface area contributed by atoms with Crippen molar-refractivity contribution >= 4 is 11.9 Å². The van der Waals surface area contributed by atoms with Gasteiger partial charge in [-0.05, 0) is 0 Å². The summed E-state index contributed by atoms with van der Waals surface area (Å²) in [5.74, 6) is -1.15. The van der Waals surface area contributed by atoms with Crippen molar-refractivity contribution in [3.63, 3.8) is 0 Å². The second-order valence-electron chi connectivity index (χ2n) is 1.76. The summed E-state index contributed by atoms with van der Waals surface area (Å²) in [7, 11) is 7.40. The van der Waals surface area contributed by atoms with E-state index >= 15 is 0 Å². The molecule has 0 rings (SSSR count). The summed E-state index contributed by atoms with van der Waals surface area (Å²) in [6.07, 6.45) is 0. The fraction of sp³-hybridized carbons (Fsp3) is 0.429. The van der Waals surface area contributed by atoms with E-state index in [-0.39, 0.29) is 19.1 Å². The standard InChI is InChI=1S/C4H8NO2.C3H5O3.2Rf/c1-5-4(6)3-7-2;1-6-2-3(4)5;;/h2-3H2,1H3,(H,5,6);1-2H2,(H,4,5);;/q2*-1;;. The molecule has 0 saturated heterocycles. The van der Waals surface area contributed by atoms with Gasteiger partial charge in [0.05, 0.1) is 6.61 Å². The Balaban J connectivity index is -0.0000000718. The number of hydrogen-bond acceptors (Lipinski definition) is 4. The van der Waals surface area contributed by atoms with Crippen LogP contribution in [-0.4, -0.2) is 37.2 Å². The molecule has 2 N–H and O–H groups in total. The van der Waals surface area contributed by atoms with Crippen molar-refractivity contribution in [3.8, 4) is 0 Å². The number of likely N-dealkylation sites (N-methyl/N-ethyl adjacent to an activating group) is 1. The molecule has 0 radical (unpaired) electrons.